The fraction of sp³-hybridized carbons (Fsp3) is 0.190. The summed E-state index contributed by atoms with van der Waals surface area (Å²) >= 11 is 1.44. The summed E-state index contributed by atoms with van der Waals surface area (Å²) in [4.78, 5) is 23.2. The molecule has 1 N–H and O–H groups in total. The van der Waals surface area contributed by atoms with E-state index in [1.165, 1.54) is 29.5 Å². The quantitative estimate of drug-likeness (QED) is 0.648. The van der Waals surface area contributed by atoms with Crippen molar-refractivity contribution in [1.82, 2.24) is 9.97 Å². The number of pyridine rings is 1. The smallest absolute Gasteiger partial charge is 0.248 e. The second-order valence-corrected chi connectivity index (χ2v) is 7.27. The zero-order chi connectivity index (χ0) is 20.1. The van der Waals surface area contributed by atoms with Crippen molar-refractivity contribution in [3.63, 3.8) is 0 Å². The van der Waals surface area contributed by atoms with Crippen LogP contribution in [-0.4, -0.2) is 42.2 Å². The lowest BCUT2D eigenvalue weighted by molar-refractivity contribution is -0.111. The first-order valence-electron chi connectivity index (χ1n) is 9.17. The highest BCUT2D eigenvalue weighted by Gasteiger charge is 2.12. The maximum absolute atomic E-state index is 13.0. The summed E-state index contributed by atoms with van der Waals surface area (Å²) in [7, 11) is 0. The molecule has 0 spiro atoms. The first-order valence-corrected chi connectivity index (χ1v) is 10.0. The van der Waals surface area contributed by atoms with Crippen LogP contribution in [0.4, 0.5) is 15.9 Å². The van der Waals surface area contributed by atoms with E-state index in [4.69, 9.17) is 4.74 Å². The van der Waals surface area contributed by atoms with Crippen LogP contribution in [0.5, 0.6) is 0 Å². The van der Waals surface area contributed by atoms with Crippen LogP contribution in [0.25, 0.3) is 16.6 Å². The number of aromatic nitrogens is 2. The summed E-state index contributed by atoms with van der Waals surface area (Å²) < 4.78 is 18.4. The van der Waals surface area contributed by atoms with Crippen molar-refractivity contribution in [3.8, 4) is 10.6 Å². The molecule has 0 radical (unpaired) electrons. The van der Waals surface area contributed by atoms with Crippen LogP contribution >= 0.6 is 11.3 Å². The molecule has 0 atom stereocenters. The fourth-order valence-electron chi connectivity index (χ4n) is 2.87. The minimum atomic E-state index is -0.283. The lowest BCUT2D eigenvalue weighted by atomic mass is 10.2. The number of nitrogens with one attached hydrogen (secondary N) is 1. The normalized spacial score (nSPS) is 14.3. The number of nitrogens with zero attached hydrogens (tertiary/aromatic N) is 3. The minimum Gasteiger partial charge on any atom is -0.378 e. The average molecular weight is 410 g/mol. The molecular weight excluding hydrogens is 391 g/mol. The van der Waals surface area contributed by atoms with E-state index >= 15 is 0 Å². The van der Waals surface area contributed by atoms with Gasteiger partial charge in [0.2, 0.25) is 5.91 Å². The number of carbonyl (C=O) groups is 1. The number of benzene rings is 1. The van der Waals surface area contributed by atoms with Crippen molar-refractivity contribution in [2.24, 2.45) is 0 Å². The summed E-state index contributed by atoms with van der Waals surface area (Å²) in [6.07, 6.45) is 4.72. The Morgan fingerprint density at radius 1 is 1.17 bits per heavy atom. The first-order chi connectivity index (χ1) is 14.2. The van der Waals surface area contributed by atoms with Crippen molar-refractivity contribution < 1.29 is 13.9 Å². The monoisotopic (exact) mass is 410 g/mol. The Bertz CT molecular complexity index is 996. The summed E-state index contributed by atoms with van der Waals surface area (Å²) in [5.41, 5.74) is 2.14. The van der Waals surface area contributed by atoms with Crippen LogP contribution in [0.3, 0.4) is 0 Å². The lowest BCUT2D eigenvalue weighted by Crippen LogP contribution is -2.36. The maximum Gasteiger partial charge on any atom is 0.248 e. The Morgan fingerprint density at radius 3 is 2.69 bits per heavy atom. The lowest BCUT2D eigenvalue weighted by Gasteiger charge is -2.27. The third kappa shape index (κ3) is 5.04. The van der Waals surface area contributed by atoms with Gasteiger partial charge in [-0.2, -0.15) is 0 Å². The highest BCUT2D eigenvalue weighted by Crippen LogP contribution is 2.24. The predicted octanol–water partition coefficient (Wildman–Crippen LogP) is 3.83. The molecule has 2 aromatic heterocycles. The molecule has 1 saturated heterocycles. The van der Waals surface area contributed by atoms with Crippen LogP contribution in [-0.2, 0) is 9.53 Å². The van der Waals surface area contributed by atoms with Crippen LogP contribution in [0.1, 0.15) is 5.69 Å². The van der Waals surface area contributed by atoms with Crippen LogP contribution in [0.2, 0.25) is 0 Å². The summed E-state index contributed by atoms with van der Waals surface area (Å²) in [6, 6.07) is 9.89. The topological polar surface area (TPSA) is 67.4 Å². The number of halogens is 1. The van der Waals surface area contributed by atoms with E-state index in [2.05, 4.69) is 20.2 Å². The molecule has 1 fully saturated rings. The third-order valence-corrected chi connectivity index (χ3v) is 5.28. The molecule has 0 saturated carbocycles. The molecule has 4 rings (SSSR count). The number of hydrogen-bond acceptors (Lipinski definition) is 6. The maximum atomic E-state index is 13.0. The molecule has 1 aliphatic rings. The zero-order valence-electron chi connectivity index (χ0n) is 15.5. The number of morpholine rings is 1. The van der Waals surface area contributed by atoms with Gasteiger partial charge in [0.1, 0.15) is 16.6 Å². The SMILES string of the molecule is O=C(/C=C/c1csc(-c2ccc(F)cc2)n1)Nc1ccc(N2CCOCC2)nc1. The number of carbonyl (C=O) groups excluding carboxylic acids is 1. The van der Waals surface area contributed by atoms with Crippen molar-refractivity contribution in [2.75, 3.05) is 36.5 Å². The van der Waals surface area contributed by atoms with Gasteiger partial charge >= 0.3 is 0 Å². The van der Waals surface area contributed by atoms with Crippen molar-refractivity contribution in [1.29, 1.82) is 0 Å². The highest BCUT2D eigenvalue weighted by atomic mass is 32.1. The number of rotatable bonds is 5. The number of hydrogen-bond donors (Lipinski definition) is 1. The third-order valence-electron chi connectivity index (χ3n) is 4.37. The molecule has 1 aliphatic heterocycles. The molecule has 8 heteroatoms. The first kappa shape index (κ1) is 19.2. The molecule has 148 valence electrons. The molecule has 3 heterocycles. The van der Waals surface area contributed by atoms with Gasteiger partial charge in [0.15, 0.2) is 0 Å². The van der Waals surface area contributed by atoms with E-state index in [9.17, 15) is 9.18 Å². The van der Waals surface area contributed by atoms with E-state index in [0.29, 0.717) is 24.6 Å². The van der Waals surface area contributed by atoms with E-state index in [-0.39, 0.29) is 11.7 Å². The largest absolute Gasteiger partial charge is 0.378 e. The average Bonchev–Trinajstić information content (AvgIpc) is 3.23. The predicted molar refractivity (Wildman–Crippen MR) is 112 cm³/mol. The van der Waals surface area contributed by atoms with Gasteiger partial charge < -0.3 is 15.0 Å². The van der Waals surface area contributed by atoms with Gasteiger partial charge in [-0.1, -0.05) is 0 Å². The standard InChI is InChI=1S/C21H19FN4O2S/c22-16-3-1-15(2-4-16)21-25-18(14-29-21)6-8-20(27)24-17-5-7-19(23-13-17)26-9-11-28-12-10-26/h1-8,13-14H,9-12H2,(H,24,27)/b8-6+. The van der Waals surface area contributed by atoms with Crippen molar-refractivity contribution in [2.45, 2.75) is 0 Å². The van der Waals surface area contributed by atoms with Crippen molar-refractivity contribution >= 4 is 34.8 Å². The molecule has 6 nitrogen and oxygen atoms in total. The molecule has 0 bridgehead atoms. The van der Waals surface area contributed by atoms with E-state index < -0.39 is 0 Å². The molecule has 29 heavy (non-hydrogen) atoms. The highest BCUT2D eigenvalue weighted by molar-refractivity contribution is 7.13. The second kappa shape index (κ2) is 8.93. The van der Waals surface area contributed by atoms with Gasteiger partial charge in [-0.25, -0.2) is 14.4 Å². The number of anilines is 2. The minimum absolute atomic E-state index is 0.262. The van der Waals surface area contributed by atoms with Crippen LogP contribution in [0.15, 0.2) is 54.1 Å². The number of ether oxygens (including phenoxy) is 1. The number of thiazole rings is 1. The fourth-order valence-corrected chi connectivity index (χ4v) is 3.67. The Kier molecular flexibility index (Phi) is 5.92. The van der Waals surface area contributed by atoms with Gasteiger partial charge in [-0.3, -0.25) is 4.79 Å². The summed E-state index contributed by atoms with van der Waals surface area (Å²) in [5.74, 6) is 0.328. The Morgan fingerprint density at radius 2 is 1.97 bits per heavy atom. The van der Waals surface area contributed by atoms with Crippen LogP contribution < -0.4 is 10.2 Å². The molecule has 3 aromatic rings. The second-order valence-electron chi connectivity index (χ2n) is 6.41. The molecule has 0 unspecified atom stereocenters. The Balaban J connectivity index is 1.34. The summed E-state index contributed by atoms with van der Waals surface area (Å²) in [6.45, 7) is 3.03. The van der Waals surface area contributed by atoms with Gasteiger partial charge in [0.05, 0.1) is 30.8 Å². The van der Waals surface area contributed by atoms with E-state index in [1.807, 2.05) is 17.5 Å². The Labute approximate surface area is 171 Å². The molecule has 0 aliphatic carbocycles. The van der Waals surface area contributed by atoms with Gasteiger partial charge in [0.25, 0.3) is 0 Å². The van der Waals surface area contributed by atoms with Gasteiger partial charge in [0, 0.05) is 30.1 Å². The number of amides is 1. The van der Waals surface area contributed by atoms with Gasteiger partial charge in [-0.05, 0) is 42.5 Å². The molecule has 1 aromatic carbocycles. The van der Waals surface area contributed by atoms with Crippen LogP contribution in [0, 0.1) is 5.82 Å². The zero-order valence-corrected chi connectivity index (χ0v) is 16.4. The van der Waals surface area contributed by atoms with Crippen molar-refractivity contribution in [3.05, 3.63) is 65.6 Å². The Hall–Kier alpha value is -3.10. The summed E-state index contributed by atoms with van der Waals surface area (Å²) in [5, 5.41) is 5.41. The van der Waals surface area contributed by atoms with Gasteiger partial charge in [-0.15, -0.1) is 11.3 Å². The molecular formula is C21H19FN4O2S. The molecule has 1 amide bonds. The van der Waals surface area contributed by atoms with E-state index in [1.54, 1.807) is 24.4 Å². The van der Waals surface area contributed by atoms with E-state index in [0.717, 1.165) is 29.5 Å².